The third-order valence-electron chi connectivity index (χ3n) is 3.41. The third-order valence-corrected chi connectivity index (χ3v) is 3.41. The molecule has 1 heterocycles. The first-order valence-corrected chi connectivity index (χ1v) is 7.47. The van der Waals surface area contributed by atoms with Crippen LogP contribution in [0.2, 0.25) is 0 Å². The lowest BCUT2D eigenvalue weighted by atomic mass is 10.00. The van der Waals surface area contributed by atoms with Crippen molar-refractivity contribution < 1.29 is 18.7 Å². The van der Waals surface area contributed by atoms with E-state index in [1.807, 2.05) is 6.92 Å². The number of carbonyl (C=O) groups excluding carboxylic acids is 2. The highest BCUT2D eigenvalue weighted by Crippen LogP contribution is 2.20. The summed E-state index contributed by atoms with van der Waals surface area (Å²) in [5, 5.41) is 4.17. The summed E-state index contributed by atoms with van der Waals surface area (Å²) in [4.78, 5) is 24.3. The van der Waals surface area contributed by atoms with E-state index in [9.17, 15) is 14.0 Å². The fourth-order valence-corrected chi connectivity index (χ4v) is 2.28. The van der Waals surface area contributed by atoms with Crippen molar-refractivity contribution in [2.24, 2.45) is 0 Å². The van der Waals surface area contributed by atoms with Gasteiger partial charge in [-0.05, 0) is 50.1 Å². The second kappa shape index (κ2) is 7.67. The molecule has 23 heavy (non-hydrogen) atoms. The molecule has 0 aliphatic rings. The van der Waals surface area contributed by atoms with Gasteiger partial charge in [0.15, 0.2) is 5.78 Å². The lowest BCUT2D eigenvalue weighted by Gasteiger charge is -2.16. The summed E-state index contributed by atoms with van der Waals surface area (Å²) in [5.74, 6) is -0.967. The molecule has 1 atom stereocenters. The zero-order valence-corrected chi connectivity index (χ0v) is 13.2. The van der Waals surface area contributed by atoms with E-state index in [-0.39, 0.29) is 24.6 Å². The molecule has 1 aromatic heterocycles. The third kappa shape index (κ3) is 4.48. The van der Waals surface area contributed by atoms with Crippen LogP contribution in [0.4, 0.5) is 4.39 Å². The van der Waals surface area contributed by atoms with E-state index >= 15 is 0 Å². The average Bonchev–Trinajstić information content (AvgIpc) is 2.94. The molecule has 2 aromatic rings. The molecule has 6 heteroatoms. The number of ether oxygens (including phenoxy) is 1. The number of aromatic nitrogens is 2. The van der Waals surface area contributed by atoms with Crippen LogP contribution >= 0.6 is 0 Å². The molecule has 1 aromatic carbocycles. The van der Waals surface area contributed by atoms with Crippen molar-refractivity contribution in [2.45, 2.75) is 32.7 Å². The number of hydrogen-bond donors (Lipinski definition) is 0. The Balaban J connectivity index is 2.20. The molecule has 0 aliphatic carbocycles. The normalized spacial score (nSPS) is 12.0. The largest absolute Gasteiger partial charge is 0.466 e. The van der Waals surface area contributed by atoms with Crippen molar-refractivity contribution in [3.05, 3.63) is 53.6 Å². The van der Waals surface area contributed by atoms with Crippen molar-refractivity contribution in [3.63, 3.8) is 0 Å². The number of Topliss-reactive ketones (excluding diaryl/α,β-unsaturated/α-hetero) is 1. The van der Waals surface area contributed by atoms with Crippen molar-refractivity contribution in [1.82, 2.24) is 9.78 Å². The summed E-state index contributed by atoms with van der Waals surface area (Å²) >= 11 is 0. The highest BCUT2D eigenvalue weighted by Gasteiger charge is 2.24. The molecule has 0 saturated heterocycles. The molecule has 122 valence electrons. The van der Waals surface area contributed by atoms with Crippen LogP contribution in [0.15, 0.2) is 36.7 Å². The summed E-state index contributed by atoms with van der Waals surface area (Å²) in [5.41, 5.74) is 1.30. The molecule has 0 aliphatic heterocycles. The maximum atomic E-state index is 13.0. The van der Waals surface area contributed by atoms with E-state index in [1.54, 1.807) is 24.0 Å². The maximum absolute atomic E-state index is 13.0. The zero-order valence-electron chi connectivity index (χ0n) is 13.2. The summed E-state index contributed by atoms with van der Waals surface area (Å²) < 4.78 is 19.5. The Bertz CT molecular complexity index is 679. The molecule has 0 fully saturated rings. The molecular weight excluding hydrogens is 299 g/mol. The van der Waals surface area contributed by atoms with Gasteiger partial charge in [-0.1, -0.05) is 0 Å². The highest BCUT2D eigenvalue weighted by atomic mass is 19.1. The number of rotatable bonds is 7. The van der Waals surface area contributed by atoms with Crippen LogP contribution in [0.3, 0.4) is 0 Å². The van der Waals surface area contributed by atoms with Crippen LogP contribution in [0.25, 0.3) is 0 Å². The molecular formula is C17H19FN2O3. The van der Waals surface area contributed by atoms with Crippen molar-refractivity contribution in [3.8, 4) is 0 Å². The van der Waals surface area contributed by atoms with Gasteiger partial charge in [0, 0.05) is 18.2 Å². The Labute approximate surface area is 134 Å². The number of benzene rings is 1. The van der Waals surface area contributed by atoms with Crippen LogP contribution in [-0.4, -0.2) is 28.1 Å². The van der Waals surface area contributed by atoms with Gasteiger partial charge in [-0.25, -0.2) is 4.39 Å². The molecule has 0 radical (unpaired) electrons. The van der Waals surface area contributed by atoms with Crippen molar-refractivity contribution in [2.75, 3.05) is 6.61 Å². The van der Waals surface area contributed by atoms with Crippen molar-refractivity contribution in [1.29, 1.82) is 0 Å². The Kier molecular flexibility index (Phi) is 5.62. The molecule has 0 amide bonds. The van der Waals surface area contributed by atoms with Crippen LogP contribution in [0.1, 0.15) is 41.7 Å². The lowest BCUT2D eigenvalue weighted by molar-refractivity contribution is -0.143. The second-order valence-electron chi connectivity index (χ2n) is 5.23. The summed E-state index contributed by atoms with van der Waals surface area (Å²) in [7, 11) is 0. The van der Waals surface area contributed by atoms with E-state index in [0.717, 1.165) is 5.56 Å². The van der Waals surface area contributed by atoms with Gasteiger partial charge < -0.3 is 4.74 Å². The molecule has 2 rings (SSSR count). The van der Waals surface area contributed by atoms with E-state index in [2.05, 4.69) is 5.10 Å². The number of esters is 1. The highest BCUT2D eigenvalue weighted by molar-refractivity contribution is 5.99. The van der Waals surface area contributed by atoms with Gasteiger partial charge in [0.2, 0.25) is 0 Å². The fourth-order valence-electron chi connectivity index (χ4n) is 2.28. The van der Waals surface area contributed by atoms with E-state index < -0.39 is 11.9 Å². The monoisotopic (exact) mass is 318 g/mol. The molecule has 1 unspecified atom stereocenters. The molecule has 0 bridgehead atoms. The van der Waals surface area contributed by atoms with Gasteiger partial charge in [-0.15, -0.1) is 0 Å². The van der Waals surface area contributed by atoms with Crippen molar-refractivity contribution >= 4 is 11.8 Å². The predicted molar refractivity (Wildman–Crippen MR) is 82.6 cm³/mol. The first kappa shape index (κ1) is 16.9. The van der Waals surface area contributed by atoms with Crippen LogP contribution in [-0.2, 0) is 9.53 Å². The first-order chi connectivity index (χ1) is 11.0. The Hall–Kier alpha value is -2.50. The predicted octanol–water partition coefficient (Wildman–Crippen LogP) is 3.10. The minimum Gasteiger partial charge on any atom is -0.466 e. The average molecular weight is 318 g/mol. The van der Waals surface area contributed by atoms with E-state index in [4.69, 9.17) is 4.74 Å². The fraction of sp³-hybridized carbons (Fsp3) is 0.353. The van der Waals surface area contributed by atoms with Gasteiger partial charge in [-0.2, -0.15) is 5.10 Å². The first-order valence-electron chi connectivity index (χ1n) is 7.47. The number of carbonyl (C=O) groups is 2. The molecule has 0 spiro atoms. The van der Waals surface area contributed by atoms with E-state index in [0.29, 0.717) is 12.2 Å². The zero-order chi connectivity index (χ0) is 16.8. The number of aryl methyl sites for hydroxylation is 1. The number of halogens is 1. The number of hydrogen-bond acceptors (Lipinski definition) is 4. The second-order valence-corrected chi connectivity index (χ2v) is 5.23. The van der Waals surface area contributed by atoms with Gasteiger partial charge in [-0.3, -0.25) is 14.3 Å². The lowest BCUT2D eigenvalue weighted by Crippen LogP contribution is -2.22. The summed E-state index contributed by atoms with van der Waals surface area (Å²) in [6.07, 6.45) is 3.78. The quantitative estimate of drug-likeness (QED) is 0.581. The summed E-state index contributed by atoms with van der Waals surface area (Å²) in [6.45, 7) is 3.90. The van der Waals surface area contributed by atoms with Gasteiger partial charge in [0.1, 0.15) is 11.9 Å². The summed E-state index contributed by atoms with van der Waals surface area (Å²) in [6, 6.07) is 4.73. The SMILES string of the molecule is CCOC(=O)CCC(C(=O)c1ccc(F)cc1)n1cc(C)cn1. The number of nitrogens with zero attached hydrogens (tertiary/aromatic N) is 2. The Morgan fingerprint density at radius 2 is 2.00 bits per heavy atom. The van der Waals surface area contributed by atoms with Gasteiger partial charge >= 0.3 is 5.97 Å². The molecule has 0 saturated carbocycles. The maximum Gasteiger partial charge on any atom is 0.305 e. The van der Waals surface area contributed by atoms with Crippen LogP contribution < -0.4 is 0 Å². The number of ketones is 1. The van der Waals surface area contributed by atoms with E-state index in [1.165, 1.54) is 24.3 Å². The Morgan fingerprint density at radius 3 is 2.57 bits per heavy atom. The van der Waals surface area contributed by atoms with Gasteiger partial charge in [0.25, 0.3) is 0 Å². The van der Waals surface area contributed by atoms with Crippen LogP contribution in [0, 0.1) is 12.7 Å². The molecule has 5 nitrogen and oxygen atoms in total. The standard InChI is InChI=1S/C17H19FN2O3/c1-3-23-16(21)9-8-15(20-11-12(2)10-19-20)17(22)13-4-6-14(18)7-5-13/h4-7,10-11,15H,3,8-9H2,1-2H3. The minimum absolute atomic E-state index is 0.115. The van der Waals surface area contributed by atoms with Crippen LogP contribution in [0.5, 0.6) is 0 Å². The minimum atomic E-state index is -0.626. The van der Waals surface area contributed by atoms with Gasteiger partial charge in [0.05, 0.1) is 12.8 Å². The molecule has 0 N–H and O–H groups in total. The topological polar surface area (TPSA) is 61.2 Å². The smallest absolute Gasteiger partial charge is 0.305 e. The Morgan fingerprint density at radius 1 is 1.30 bits per heavy atom.